The van der Waals surface area contributed by atoms with Gasteiger partial charge in [-0.25, -0.2) is 9.97 Å². The van der Waals surface area contributed by atoms with Gasteiger partial charge in [-0.3, -0.25) is 4.98 Å². The number of nitrogens with zero attached hydrogens (tertiary/aromatic N) is 3. The molecule has 0 fully saturated rings. The summed E-state index contributed by atoms with van der Waals surface area (Å²) in [5.74, 6) is 0.728. The highest BCUT2D eigenvalue weighted by atomic mass is 35.5. The molecule has 0 atom stereocenters. The van der Waals surface area contributed by atoms with Gasteiger partial charge in [0, 0.05) is 25.0 Å². The lowest BCUT2D eigenvalue weighted by molar-refractivity contribution is 0.956. The lowest BCUT2D eigenvalue weighted by atomic mass is 10.3. The maximum Gasteiger partial charge on any atom is 0.190 e. The second kappa shape index (κ2) is 5.84. The zero-order valence-electron chi connectivity index (χ0n) is 9.22. The van der Waals surface area contributed by atoms with Crippen LogP contribution >= 0.6 is 23.4 Å². The van der Waals surface area contributed by atoms with Crippen molar-refractivity contribution in [3.63, 3.8) is 0 Å². The molecular formula is C11H11ClN4S. The van der Waals surface area contributed by atoms with Gasteiger partial charge in [0.2, 0.25) is 0 Å². The first-order chi connectivity index (χ1) is 8.28. The molecule has 0 saturated heterocycles. The molecule has 17 heavy (non-hydrogen) atoms. The van der Waals surface area contributed by atoms with Crippen molar-refractivity contribution in [3.8, 4) is 0 Å². The third kappa shape index (κ3) is 3.57. The first-order valence-corrected chi connectivity index (χ1v) is 6.59. The van der Waals surface area contributed by atoms with Gasteiger partial charge >= 0.3 is 0 Å². The van der Waals surface area contributed by atoms with Crippen LogP contribution in [0.15, 0.2) is 35.7 Å². The Hall–Kier alpha value is -1.33. The fourth-order valence-corrected chi connectivity index (χ4v) is 1.88. The molecule has 0 spiro atoms. The predicted octanol–water partition coefficient (Wildman–Crippen LogP) is 2.86. The van der Waals surface area contributed by atoms with E-state index in [0.717, 1.165) is 11.4 Å². The summed E-state index contributed by atoms with van der Waals surface area (Å²) in [4.78, 5) is 12.3. The average molecular weight is 267 g/mol. The zero-order valence-corrected chi connectivity index (χ0v) is 10.8. The third-order valence-corrected chi connectivity index (χ3v) is 2.82. The van der Waals surface area contributed by atoms with Crippen molar-refractivity contribution in [2.45, 2.75) is 11.7 Å². The maximum absolute atomic E-state index is 5.90. The number of hydrogen-bond acceptors (Lipinski definition) is 5. The van der Waals surface area contributed by atoms with Crippen LogP contribution in [0, 0.1) is 0 Å². The molecule has 0 aliphatic rings. The molecule has 0 radical (unpaired) electrons. The van der Waals surface area contributed by atoms with Gasteiger partial charge in [-0.1, -0.05) is 23.4 Å². The van der Waals surface area contributed by atoms with Crippen molar-refractivity contribution in [3.05, 3.63) is 41.3 Å². The van der Waals surface area contributed by atoms with Crippen molar-refractivity contribution in [2.24, 2.45) is 0 Å². The van der Waals surface area contributed by atoms with Crippen LogP contribution < -0.4 is 5.32 Å². The Morgan fingerprint density at radius 1 is 1.29 bits per heavy atom. The molecule has 4 nitrogen and oxygen atoms in total. The van der Waals surface area contributed by atoms with E-state index in [1.807, 2.05) is 18.4 Å². The normalized spacial score (nSPS) is 10.2. The first kappa shape index (κ1) is 12.1. The van der Waals surface area contributed by atoms with Crippen LogP contribution in [0.2, 0.25) is 5.15 Å². The number of thioether (sulfide) groups is 1. The first-order valence-electron chi connectivity index (χ1n) is 4.99. The van der Waals surface area contributed by atoms with Crippen LogP contribution in [0.25, 0.3) is 0 Å². The summed E-state index contributed by atoms with van der Waals surface area (Å²) in [5.41, 5.74) is 1.14. The van der Waals surface area contributed by atoms with Crippen LogP contribution in [0.4, 0.5) is 5.82 Å². The molecule has 6 heteroatoms. The highest BCUT2D eigenvalue weighted by molar-refractivity contribution is 7.98. The number of anilines is 1. The Balaban J connectivity index is 2.06. The lowest BCUT2D eigenvalue weighted by Crippen LogP contribution is -2.02. The summed E-state index contributed by atoms with van der Waals surface area (Å²) in [7, 11) is 0. The van der Waals surface area contributed by atoms with E-state index >= 15 is 0 Å². The summed E-state index contributed by atoms with van der Waals surface area (Å²) >= 11 is 7.36. The number of aromatic nitrogens is 3. The Bertz CT molecular complexity index is 492. The van der Waals surface area contributed by atoms with Crippen molar-refractivity contribution in [1.82, 2.24) is 15.0 Å². The van der Waals surface area contributed by atoms with E-state index in [4.69, 9.17) is 11.6 Å². The molecule has 0 saturated carbocycles. The second-order valence-corrected chi connectivity index (χ2v) is 4.43. The Labute approximate surface area is 109 Å². The average Bonchev–Trinajstić information content (AvgIpc) is 2.37. The molecule has 2 heterocycles. The summed E-state index contributed by atoms with van der Waals surface area (Å²) < 4.78 is 0. The van der Waals surface area contributed by atoms with Crippen LogP contribution in [-0.2, 0) is 6.54 Å². The van der Waals surface area contributed by atoms with Gasteiger partial charge in [0.1, 0.15) is 11.0 Å². The standard InChI is InChI=1S/C11H11ClN4S/c1-17-11-15-9(12)6-10(16-11)14-7-8-2-4-13-5-3-8/h2-6H,7H2,1H3,(H,14,15,16). The molecule has 0 unspecified atom stereocenters. The number of pyridine rings is 1. The molecule has 0 aliphatic carbocycles. The number of rotatable bonds is 4. The predicted molar refractivity (Wildman–Crippen MR) is 70.4 cm³/mol. The summed E-state index contributed by atoms with van der Waals surface area (Å²) in [6.07, 6.45) is 5.44. The van der Waals surface area contributed by atoms with Gasteiger partial charge in [0.15, 0.2) is 5.16 Å². The summed E-state index contributed by atoms with van der Waals surface area (Å²) in [6.45, 7) is 0.684. The lowest BCUT2D eigenvalue weighted by Gasteiger charge is -2.06. The highest BCUT2D eigenvalue weighted by Crippen LogP contribution is 2.17. The van der Waals surface area contributed by atoms with E-state index < -0.39 is 0 Å². The summed E-state index contributed by atoms with van der Waals surface area (Å²) in [6, 6.07) is 5.61. The van der Waals surface area contributed by atoms with E-state index in [1.54, 1.807) is 18.5 Å². The smallest absolute Gasteiger partial charge is 0.190 e. The van der Waals surface area contributed by atoms with Crippen LogP contribution in [0.3, 0.4) is 0 Å². The van der Waals surface area contributed by atoms with Gasteiger partial charge in [-0.2, -0.15) is 0 Å². The molecule has 1 N–H and O–H groups in total. The van der Waals surface area contributed by atoms with Crippen LogP contribution in [0.1, 0.15) is 5.56 Å². The number of hydrogen-bond donors (Lipinski definition) is 1. The van der Waals surface area contributed by atoms with Crippen molar-refractivity contribution < 1.29 is 0 Å². The van der Waals surface area contributed by atoms with Gasteiger partial charge in [-0.15, -0.1) is 0 Å². The minimum Gasteiger partial charge on any atom is -0.366 e. The second-order valence-electron chi connectivity index (χ2n) is 3.27. The maximum atomic E-state index is 5.90. The largest absolute Gasteiger partial charge is 0.366 e. The van der Waals surface area contributed by atoms with Crippen molar-refractivity contribution >= 4 is 29.2 Å². The third-order valence-electron chi connectivity index (χ3n) is 2.08. The van der Waals surface area contributed by atoms with Gasteiger partial charge < -0.3 is 5.32 Å². The molecular weight excluding hydrogens is 256 g/mol. The quantitative estimate of drug-likeness (QED) is 0.524. The van der Waals surface area contributed by atoms with Crippen molar-refractivity contribution in [2.75, 3.05) is 11.6 Å². The number of halogens is 1. The minimum atomic E-state index is 0.446. The Morgan fingerprint density at radius 2 is 2.06 bits per heavy atom. The zero-order chi connectivity index (χ0) is 12.1. The van der Waals surface area contributed by atoms with E-state index in [0.29, 0.717) is 16.9 Å². The van der Waals surface area contributed by atoms with Crippen LogP contribution in [0.5, 0.6) is 0 Å². The van der Waals surface area contributed by atoms with Crippen molar-refractivity contribution in [1.29, 1.82) is 0 Å². The highest BCUT2D eigenvalue weighted by Gasteiger charge is 2.02. The fourth-order valence-electron chi connectivity index (χ4n) is 1.27. The van der Waals surface area contributed by atoms with Crippen LogP contribution in [-0.4, -0.2) is 21.2 Å². The summed E-state index contributed by atoms with van der Waals surface area (Å²) in [5, 5.41) is 4.31. The van der Waals surface area contributed by atoms with E-state index in [2.05, 4.69) is 20.3 Å². The SMILES string of the molecule is CSc1nc(Cl)cc(NCc2ccncc2)n1. The number of nitrogens with one attached hydrogen (secondary N) is 1. The van der Waals surface area contributed by atoms with Gasteiger partial charge in [0.05, 0.1) is 0 Å². The Morgan fingerprint density at radius 3 is 2.76 bits per heavy atom. The van der Waals surface area contributed by atoms with Gasteiger partial charge in [-0.05, 0) is 24.0 Å². The molecule has 0 aliphatic heterocycles. The monoisotopic (exact) mass is 266 g/mol. The fraction of sp³-hybridized carbons (Fsp3) is 0.182. The molecule has 0 aromatic carbocycles. The topological polar surface area (TPSA) is 50.7 Å². The van der Waals surface area contributed by atoms with E-state index in [-0.39, 0.29) is 0 Å². The molecule has 0 bridgehead atoms. The molecule has 0 amide bonds. The molecule has 2 aromatic heterocycles. The molecule has 2 rings (SSSR count). The Kier molecular flexibility index (Phi) is 4.17. The van der Waals surface area contributed by atoms with E-state index in [9.17, 15) is 0 Å². The molecule has 2 aromatic rings. The minimum absolute atomic E-state index is 0.446. The van der Waals surface area contributed by atoms with Gasteiger partial charge in [0.25, 0.3) is 0 Å². The van der Waals surface area contributed by atoms with E-state index in [1.165, 1.54) is 11.8 Å². The molecule has 88 valence electrons.